The predicted octanol–water partition coefficient (Wildman–Crippen LogP) is 2.49. The lowest BCUT2D eigenvalue weighted by molar-refractivity contribution is 0.210. The van der Waals surface area contributed by atoms with Gasteiger partial charge in [-0.05, 0) is 50.7 Å². The van der Waals surface area contributed by atoms with Crippen molar-refractivity contribution in [3.05, 3.63) is 41.8 Å². The molecular weight excluding hydrogens is 323 g/mol. The highest BCUT2D eigenvalue weighted by atomic mass is 19.1. The van der Waals surface area contributed by atoms with E-state index in [1.54, 1.807) is 12.1 Å². The third-order valence-electron chi connectivity index (χ3n) is 4.53. The summed E-state index contributed by atoms with van der Waals surface area (Å²) in [4.78, 5) is 9.01. The van der Waals surface area contributed by atoms with Crippen LogP contribution in [-0.2, 0) is 6.54 Å². The van der Waals surface area contributed by atoms with E-state index < -0.39 is 0 Å². The molecule has 1 aliphatic rings. The Morgan fingerprint density at radius 1 is 1.36 bits per heavy atom. The summed E-state index contributed by atoms with van der Waals surface area (Å²) in [5.74, 6) is 1.83. The molecule has 1 atom stereocenters. The van der Waals surface area contributed by atoms with Gasteiger partial charge in [0.05, 0.1) is 13.2 Å². The highest BCUT2D eigenvalue weighted by molar-refractivity contribution is 5.21. The van der Waals surface area contributed by atoms with E-state index in [1.165, 1.54) is 12.1 Å². The van der Waals surface area contributed by atoms with Gasteiger partial charge in [-0.2, -0.15) is 4.98 Å². The SMILES string of the molecule is Cc1nc(CN(C)C2CCN(CCCOc3ccc(F)cc3)C2)no1. The lowest BCUT2D eigenvalue weighted by atomic mass is 10.2. The Labute approximate surface area is 147 Å². The molecule has 3 rings (SSSR count). The van der Waals surface area contributed by atoms with Crippen molar-refractivity contribution in [2.75, 3.05) is 33.3 Å². The molecule has 0 radical (unpaired) electrons. The molecule has 1 aromatic heterocycles. The minimum absolute atomic E-state index is 0.240. The van der Waals surface area contributed by atoms with Crippen LogP contribution in [-0.4, -0.2) is 59.3 Å². The van der Waals surface area contributed by atoms with Crippen molar-refractivity contribution >= 4 is 0 Å². The van der Waals surface area contributed by atoms with Gasteiger partial charge in [-0.3, -0.25) is 4.90 Å². The number of likely N-dealkylation sites (tertiary alicyclic amines) is 1. The van der Waals surface area contributed by atoms with Crippen molar-refractivity contribution in [3.8, 4) is 5.75 Å². The Morgan fingerprint density at radius 2 is 2.16 bits per heavy atom. The van der Waals surface area contributed by atoms with Gasteiger partial charge in [0, 0.05) is 26.1 Å². The molecule has 0 spiro atoms. The molecule has 0 amide bonds. The molecule has 2 aromatic rings. The lowest BCUT2D eigenvalue weighted by Gasteiger charge is -2.23. The minimum Gasteiger partial charge on any atom is -0.494 e. The van der Waals surface area contributed by atoms with Gasteiger partial charge in [0.1, 0.15) is 11.6 Å². The maximum absolute atomic E-state index is 12.8. The van der Waals surface area contributed by atoms with Crippen LogP contribution in [0.1, 0.15) is 24.6 Å². The Kier molecular flexibility index (Phi) is 5.99. The average Bonchev–Trinajstić information content (AvgIpc) is 3.22. The van der Waals surface area contributed by atoms with Crippen molar-refractivity contribution in [2.24, 2.45) is 0 Å². The van der Waals surface area contributed by atoms with E-state index >= 15 is 0 Å². The molecule has 1 aliphatic heterocycles. The molecule has 0 N–H and O–H groups in total. The fourth-order valence-corrected chi connectivity index (χ4v) is 3.14. The molecule has 0 saturated carbocycles. The number of hydrogen-bond donors (Lipinski definition) is 0. The van der Waals surface area contributed by atoms with Crippen LogP contribution >= 0.6 is 0 Å². The molecule has 1 unspecified atom stereocenters. The van der Waals surface area contributed by atoms with Gasteiger partial charge in [-0.1, -0.05) is 5.16 Å². The molecule has 7 heteroatoms. The number of likely N-dealkylation sites (N-methyl/N-ethyl adjacent to an activating group) is 1. The van der Waals surface area contributed by atoms with Crippen LogP contribution in [0.25, 0.3) is 0 Å². The third kappa shape index (κ3) is 5.24. The van der Waals surface area contributed by atoms with Crippen molar-refractivity contribution in [2.45, 2.75) is 32.4 Å². The predicted molar refractivity (Wildman–Crippen MR) is 91.9 cm³/mol. The topological polar surface area (TPSA) is 54.6 Å². The molecule has 2 heterocycles. The molecule has 1 fully saturated rings. The second-order valence-corrected chi connectivity index (χ2v) is 6.54. The van der Waals surface area contributed by atoms with Crippen LogP contribution < -0.4 is 4.74 Å². The summed E-state index contributed by atoms with van der Waals surface area (Å²) in [6.45, 7) is 6.31. The van der Waals surface area contributed by atoms with Crippen LogP contribution in [0.2, 0.25) is 0 Å². The van der Waals surface area contributed by atoms with Crippen molar-refractivity contribution in [1.82, 2.24) is 19.9 Å². The number of aryl methyl sites for hydroxylation is 1. The maximum Gasteiger partial charge on any atom is 0.223 e. The zero-order chi connectivity index (χ0) is 17.6. The van der Waals surface area contributed by atoms with Crippen LogP contribution in [0.3, 0.4) is 0 Å². The second kappa shape index (κ2) is 8.40. The van der Waals surface area contributed by atoms with Gasteiger partial charge in [0.2, 0.25) is 5.89 Å². The van der Waals surface area contributed by atoms with Crippen LogP contribution in [0.4, 0.5) is 4.39 Å². The molecule has 6 nitrogen and oxygen atoms in total. The number of aromatic nitrogens is 2. The number of nitrogens with zero attached hydrogens (tertiary/aromatic N) is 4. The first-order valence-corrected chi connectivity index (χ1v) is 8.70. The monoisotopic (exact) mass is 348 g/mol. The maximum atomic E-state index is 12.8. The number of rotatable bonds is 8. The highest BCUT2D eigenvalue weighted by Gasteiger charge is 2.26. The van der Waals surface area contributed by atoms with E-state index in [-0.39, 0.29) is 5.82 Å². The third-order valence-corrected chi connectivity index (χ3v) is 4.53. The first kappa shape index (κ1) is 17.8. The zero-order valence-corrected chi connectivity index (χ0v) is 14.8. The van der Waals surface area contributed by atoms with Crippen LogP contribution in [0.5, 0.6) is 5.75 Å². The standard InChI is InChI=1S/C18H25FN4O2/c1-14-20-18(21-25-14)13-22(2)16-8-10-23(12-16)9-3-11-24-17-6-4-15(19)5-7-17/h4-7,16H,3,8-13H2,1-2H3. The summed E-state index contributed by atoms with van der Waals surface area (Å²) in [7, 11) is 2.11. The van der Waals surface area contributed by atoms with Gasteiger partial charge in [-0.25, -0.2) is 4.39 Å². The van der Waals surface area contributed by atoms with E-state index in [2.05, 4.69) is 27.0 Å². The van der Waals surface area contributed by atoms with Crippen LogP contribution in [0.15, 0.2) is 28.8 Å². The van der Waals surface area contributed by atoms with E-state index in [0.29, 0.717) is 25.1 Å². The number of hydrogen-bond acceptors (Lipinski definition) is 6. The van der Waals surface area contributed by atoms with Gasteiger partial charge >= 0.3 is 0 Å². The lowest BCUT2D eigenvalue weighted by Crippen LogP contribution is -2.34. The summed E-state index contributed by atoms with van der Waals surface area (Å²) in [5.41, 5.74) is 0. The Balaban J connectivity index is 1.34. The first-order valence-electron chi connectivity index (χ1n) is 8.70. The normalized spacial score (nSPS) is 18.2. The summed E-state index contributed by atoms with van der Waals surface area (Å²) in [6.07, 6.45) is 2.10. The zero-order valence-electron chi connectivity index (χ0n) is 14.8. The molecule has 1 aromatic carbocycles. The quantitative estimate of drug-likeness (QED) is 0.683. The van der Waals surface area contributed by atoms with Gasteiger partial charge < -0.3 is 14.2 Å². The first-order chi connectivity index (χ1) is 12.1. The summed E-state index contributed by atoms with van der Waals surface area (Å²) >= 11 is 0. The molecular formula is C18H25FN4O2. The minimum atomic E-state index is -0.240. The fraction of sp³-hybridized carbons (Fsp3) is 0.556. The van der Waals surface area contributed by atoms with Crippen LogP contribution in [0, 0.1) is 12.7 Å². The highest BCUT2D eigenvalue weighted by Crippen LogP contribution is 2.17. The molecule has 1 saturated heterocycles. The van der Waals surface area contributed by atoms with Crippen molar-refractivity contribution in [1.29, 1.82) is 0 Å². The Bertz CT molecular complexity index is 661. The van der Waals surface area contributed by atoms with Gasteiger partial charge in [0.25, 0.3) is 0 Å². The van der Waals surface area contributed by atoms with Gasteiger partial charge in [0.15, 0.2) is 5.82 Å². The molecule has 136 valence electrons. The van der Waals surface area contributed by atoms with Crippen molar-refractivity contribution in [3.63, 3.8) is 0 Å². The molecule has 25 heavy (non-hydrogen) atoms. The Morgan fingerprint density at radius 3 is 2.88 bits per heavy atom. The smallest absolute Gasteiger partial charge is 0.223 e. The molecule has 0 bridgehead atoms. The number of halogens is 1. The molecule has 0 aliphatic carbocycles. The summed E-state index contributed by atoms with van der Waals surface area (Å²) < 4.78 is 23.5. The summed E-state index contributed by atoms with van der Waals surface area (Å²) in [5, 5.41) is 3.96. The van der Waals surface area contributed by atoms with E-state index in [9.17, 15) is 4.39 Å². The van der Waals surface area contributed by atoms with Crippen molar-refractivity contribution < 1.29 is 13.7 Å². The second-order valence-electron chi connectivity index (χ2n) is 6.54. The number of benzene rings is 1. The summed E-state index contributed by atoms with van der Waals surface area (Å²) in [6, 6.07) is 6.67. The Hall–Kier alpha value is -1.99. The van der Waals surface area contributed by atoms with E-state index in [1.807, 2.05) is 6.92 Å². The van der Waals surface area contributed by atoms with E-state index in [4.69, 9.17) is 9.26 Å². The number of ether oxygens (including phenoxy) is 1. The van der Waals surface area contributed by atoms with Gasteiger partial charge in [-0.15, -0.1) is 0 Å². The largest absolute Gasteiger partial charge is 0.494 e. The fourth-order valence-electron chi connectivity index (χ4n) is 3.14. The average molecular weight is 348 g/mol. The van der Waals surface area contributed by atoms with E-state index in [0.717, 1.165) is 44.0 Å².